The SMILES string of the molecule is COC1(C(=O)NCCc2ccc(OCc3ccccc3)cc2)CCNCC1. The van der Waals surface area contributed by atoms with Crippen LogP contribution in [-0.4, -0.2) is 38.3 Å². The van der Waals surface area contributed by atoms with Crippen LogP contribution in [0.5, 0.6) is 5.75 Å². The molecule has 1 aliphatic rings. The van der Waals surface area contributed by atoms with E-state index in [1.165, 1.54) is 5.56 Å². The highest BCUT2D eigenvalue weighted by molar-refractivity contribution is 5.85. The Kier molecular flexibility index (Phi) is 6.85. The van der Waals surface area contributed by atoms with Crippen LogP contribution in [-0.2, 0) is 22.6 Å². The van der Waals surface area contributed by atoms with E-state index in [0.717, 1.165) is 30.8 Å². The largest absolute Gasteiger partial charge is 0.489 e. The van der Waals surface area contributed by atoms with Gasteiger partial charge in [0.05, 0.1) is 0 Å². The lowest BCUT2D eigenvalue weighted by atomic mass is 9.91. The van der Waals surface area contributed by atoms with Crippen LogP contribution in [0.4, 0.5) is 0 Å². The molecular weight excluding hydrogens is 340 g/mol. The Bertz CT molecular complexity index is 710. The molecule has 0 bridgehead atoms. The van der Waals surface area contributed by atoms with Crippen molar-refractivity contribution < 1.29 is 14.3 Å². The number of methoxy groups -OCH3 is 1. The van der Waals surface area contributed by atoms with Gasteiger partial charge in [0.15, 0.2) is 0 Å². The molecule has 2 aromatic rings. The highest BCUT2D eigenvalue weighted by Gasteiger charge is 2.39. The molecule has 0 atom stereocenters. The Labute approximate surface area is 161 Å². The number of carbonyl (C=O) groups is 1. The average Bonchev–Trinajstić information content (AvgIpc) is 2.74. The molecule has 2 N–H and O–H groups in total. The van der Waals surface area contributed by atoms with Crippen LogP contribution in [0.15, 0.2) is 54.6 Å². The summed E-state index contributed by atoms with van der Waals surface area (Å²) in [4.78, 5) is 12.5. The van der Waals surface area contributed by atoms with Gasteiger partial charge in [0, 0.05) is 13.7 Å². The molecule has 0 saturated carbocycles. The van der Waals surface area contributed by atoms with E-state index in [0.29, 0.717) is 26.0 Å². The van der Waals surface area contributed by atoms with Gasteiger partial charge in [-0.05, 0) is 55.6 Å². The highest BCUT2D eigenvalue weighted by Crippen LogP contribution is 2.22. The third-order valence-corrected chi connectivity index (χ3v) is 5.09. The van der Waals surface area contributed by atoms with E-state index >= 15 is 0 Å². The molecular formula is C22H28N2O3. The fourth-order valence-electron chi connectivity index (χ4n) is 3.33. The van der Waals surface area contributed by atoms with E-state index in [4.69, 9.17) is 9.47 Å². The first-order valence-corrected chi connectivity index (χ1v) is 9.52. The molecule has 1 fully saturated rings. The number of nitrogens with one attached hydrogen (secondary N) is 2. The van der Waals surface area contributed by atoms with E-state index in [2.05, 4.69) is 10.6 Å². The number of hydrogen-bond donors (Lipinski definition) is 2. The summed E-state index contributed by atoms with van der Waals surface area (Å²) < 4.78 is 11.4. The van der Waals surface area contributed by atoms with Crippen LogP contribution in [0.25, 0.3) is 0 Å². The van der Waals surface area contributed by atoms with Gasteiger partial charge in [-0.3, -0.25) is 4.79 Å². The van der Waals surface area contributed by atoms with Crippen molar-refractivity contribution in [3.05, 3.63) is 65.7 Å². The zero-order valence-electron chi connectivity index (χ0n) is 15.9. The maximum Gasteiger partial charge on any atom is 0.252 e. The smallest absolute Gasteiger partial charge is 0.252 e. The fourth-order valence-corrected chi connectivity index (χ4v) is 3.33. The topological polar surface area (TPSA) is 59.6 Å². The number of ether oxygens (including phenoxy) is 2. The lowest BCUT2D eigenvalue weighted by molar-refractivity contribution is -0.146. The minimum Gasteiger partial charge on any atom is -0.489 e. The minimum absolute atomic E-state index is 0.00526. The van der Waals surface area contributed by atoms with Crippen molar-refractivity contribution in [1.82, 2.24) is 10.6 Å². The van der Waals surface area contributed by atoms with E-state index < -0.39 is 5.60 Å². The number of carbonyl (C=O) groups excluding carboxylic acids is 1. The van der Waals surface area contributed by atoms with E-state index in [1.54, 1.807) is 7.11 Å². The summed E-state index contributed by atoms with van der Waals surface area (Å²) in [6.45, 7) is 2.78. The quantitative estimate of drug-likeness (QED) is 0.752. The van der Waals surface area contributed by atoms with Gasteiger partial charge in [-0.25, -0.2) is 0 Å². The molecule has 0 spiro atoms. The predicted octanol–water partition coefficient (Wildman–Crippen LogP) is 2.69. The van der Waals surface area contributed by atoms with Gasteiger partial charge >= 0.3 is 0 Å². The van der Waals surface area contributed by atoms with Crippen LogP contribution < -0.4 is 15.4 Å². The van der Waals surface area contributed by atoms with Crippen molar-refractivity contribution in [2.45, 2.75) is 31.5 Å². The fraction of sp³-hybridized carbons (Fsp3) is 0.409. The third-order valence-electron chi connectivity index (χ3n) is 5.09. The first-order chi connectivity index (χ1) is 13.2. The predicted molar refractivity (Wildman–Crippen MR) is 106 cm³/mol. The normalized spacial score (nSPS) is 15.9. The van der Waals surface area contributed by atoms with Crippen molar-refractivity contribution in [2.75, 3.05) is 26.7 Å². The molecule has 3 rings (SSSR count). The average molecular weight is 368 g/mol. The molecule has 144 valence electrons. The summed E-state index contributed by atoms with van der Waals surface area (Å²) in [5.74, 6) is 0.842. The van der Waals surface area contributed by atoms with Gasteiger partial charge in [0.2, 0.25) is 0 Å². The Morgan fingerprint density at radius 3 is 2.41 bits per heavy atom. The third kappa shape index (κ3) is 5.31. The van der Waals surface area contributed by atoms with Gasteiger partial charge in [0.25, 0.3) is 5.91 Å². The Morgan fingerprint density at radius 1 is 1.04 bits per heavy atom. The second-order valence-corrected chi connectivity index (χ2v) is 6.87. The van der Waals surface area contributed by atoms with Gasteiger partial charge in [-0.2, -0.15) is 0 Å². The summed E-state index contributed by atoms with van der Waals surface area (Å²) in [6, 6.07) is 18.1. The van der Waals surface area contributed by atoms with Crippen molar-refractivity contribution in [3.8, 4) is 5.75 Å². The Hall–Kier alpha value is -2.37. The zero-order valence-corrected chi connectivity index (χ0v) is 15.9. The molecule has 0 unspecified atom stereocenters. The standard InChI is InChI=1S/C22H28N2O3/c1-26-22(12-15-23-16-13-22)21(25)24-14-11-18-7-9-20(10-8-18)27-17-19-5-3-2-4-6-19/h2-10,23H,11-17H2,1H3,(H,24,25). The molecule has 1 amide bonds. The maximum atomic E-state index is 12.5. The Morgan fingerprint density at radius 2 is 1.74 bits per heavy atom. The summed E-state index contributed by atoms with van der Waals surface area (Å²) in [6.07, 6.45) is 2.20. The van der Waals surface area contributed by atoms with Crippen LogP contribution in [0.3, 0.4) is 0 Å². The second kappa shape index (κ2) is 9.53. The summed E-state index contributed by atoms with van der Waals surface area (Å²) in [5.41, 5.74) is 1.63. The van der Waals surface area contributed by atoms with Crippen molar-refractivity contribution in [3.63, 3.8) is 0 Å². The van der Waals surface area contributed by atoms with Crippen molar-refractivity contribution in [2.24, 2.45) is 0 Å². The summed E-state index contributed by atoms with van der Waals surface area (Å²) >= 11 is 0. The first-order valence-electron chi connectivity index (χ1n) is 9.52. The molecule has 0 aromatic heterocycles. The van der Waals surface area contributed by atoms with E-state index in [1.807, 2.05) is 54.6 Å². The Balaban J connectivity index is 1.44. The minimum atomic E-state index is -0.680. The second-order valence-electron chi connectivity index (χ2n) is 6.87. The van der Waals surface area contributed by atoms with Crippen LogP contribution in [0.2, 0.25) is 0 Å². The maximum absolute atomic E-state index is 12.5. The highest BCUT2D eigenvalue weighted by atomic mass is 16.5. The number of amides is 1. The van der Waals surface area contributed by atoms with Gasteiger partial charge < -0.3 is 20.1 Å². The van der Waals surface area contributed by atoms with Crippen molar-refractivity contribution >= 4 is 5.91 Å². The van der Waals surface area contributed by atoms with Crippen LogP contribution >= 0.6 is 0 Å². The van der Waals surface area contributed by atoms with Gasteiger partial charge in [-0.15, -0.1) is 0 Å². The molecule has 1 aliphatic heterocycles. The molecule has 0 radical (unpaired) electrons. The monoisotopic (exact) mass is 368 g/mol. The lowest BCUT2D eigenvalue weighted by Gasteiger charge is -2.34. The number of rotatable bonds is 8. The zero-order chi connectivity index (χ0) is 19.0. The van der Waals surface area contributed by atoms with Crippen molar-refractivity contribution in [1.29, 1.82) is 0 Å². The molecule has 2 aromatic carbocycles. The first kappa shape index (κ1) is 19.4. The number of piperidine rings is 1. The molecule has 5 heteroatoms. The summed E-state index contributed by atoms with van der Waals surface area (Å²) in [5, 5.41) is 6.30. The summed E-state index contributed by atoms with van der Waals surface area (Å²) in [7, 11) is 1.62. The van der Waals surface area contributed by atoms with E-state index in [9.17, 15) is 4.79 Å². The molecule has 1 saturated heterocycles. The molecule has 27 heavy (non-hydrogen) atoms. The number of hydrogen-bond acceptors (Lipinski definition) is 4. The van der Waals surface area contributed by atoms with E-state index in [-0.39, 0.29) is 5.91 Å². The van der Waals surface area contributed by atoms with Gasteiger partial charge in [-0.1, -0.05) is 42.5 Å². The lowest BCUT2D eigenvalue weighted by Crippen LogP contribution is -2.54. The molecule has 5 nitrogen and oxygen atoms in total. The van der Waals surface area contributed by atoms with Gasteiger partial charge in [0.1, 0.15) is 18.0 Å². The number of benzene rings is 2. The van der Waals surface area contributed by atoms with Crippen LogP contribution in [0, 0.1) is 0 Å². The van der Waals surface area contributed by atoms with Crippen LogP contribution in [0.1, 0.15) is 24.0 Å². The molecule has 0 aliphatic carbocycles. The molecule has 1 heterocycles.